The number of rotatable bonds is 6. The van der Waals surface area contributed by atoms with Gasteiger partial charge in [-0.15, -0.1) is 0 Å². The molecule has 0 bridgehead atoms. The van der Waals surface area contributed by atoms with Crippen molar-refractivity contribution in [3.8, 4) is 5.88 Å². The van der Waals surface area contributed by atoms with Gasteiger partial charge >= 0.3 is 0 Å². The Morgan fingerprint density at radius 3 is 2.64 bits per heavy atom. The molecule has 4 nitrogen and oxygen atoms in total. The number of carbonyl (C=O) groups is 1. The molecule has 170 valence electrons. The fourth-order valence-electron chi connectivity index (χ4n) is 3.87. The molecule has 2 aromatic carbocycles. The number of likely N-dealkylation sites (tertiary alicyclic amines) is 1. The number of thioether (sulfide) groups is 1. The summed E-state index contributed by atoms with van der Waals surface area (Å²) in [6, 6.07) is 18.0. The van der Waals surface area contributed by atoms with Gasteiger partial charge in [-0.25, -0.2) is 13.8 Å². The highest BCUT2D eigenvalue weighted by Crippen LogP contribution is 2.34. The Balaban J connectivity index is 1.58. The van der Waals surface area contributed by atoms with Crippen LogP contribution < -0.4 is 4.74 Å². The number of carbonyl (C=O) groups excluding carboxylic acids is 1. The number of amides is 1. The van der Waals surface area contributed by atoms with Gasteiger partial charge in [0.1, 0.15) is 0 Å². The monoisotopic (exact) mass is 466 g/mol. The molecular weight excluding hydrogens is 442 g/mol. The lowest BCUT2D eigenvalue weighted by Gasteiger charge is -2.38. The van der Waals surface area contributed by atoms with Crippen LogP contribution in [0.3, 0.4) is 0 Å². The van der Waals surface area contributed by atoms with E-state index in [1.54, 1.807) is 35.7 Å². The molecule has 1 aliphatic heterocycles. The fraction of sp³-hybridized carbons (Fsp3) is 0.231. The predicted octanol–water partition coefficient (Wildman–Crippen LogP) is 6.40. The lowest BCUT2D eigenvalue weighted by atomic mass is 10.0. The molecule has 1 fully saturated rings. The summed E-state index contributed by atoms with van der Waals surface area (Å²) in [6.45, 7) is 5.35. The first-order valence-electron chi connectivity index (χ1n) is 10.7. The van der Waals surface area contributed by atoms with Gasteiger partial charge < -0.3 is 9.64 Å². The van der Waals surface area contributed by atoms with Gasteiger partial charge in [-0.3, -0.25) is 4.79 Å². The van der Waals surface area contributed by atoms with E-state index in [9.17, 15) is 13.6 Å². The summed E-state index contributed by atoms with van der Waals surface area (Å²) in [5.74, 6) is -3.26. The Morgan fingerprint density at radius 2 is 1.88 bits per heavy atom. The number of ether oxygens (including phenoxy) is 1. The molecule has 2 heterocycles. The van der Waals surface area contributed by atoms with E-state index in [-0.39, 0.29) is 24.9 Å². The second-order valence-electron chi connectivity index (χ2n) is 7.69. The Labute approximate surface area is 196 Å². The van der Waals surface area contributed by atoms with Crippen LogP contribution >= 0.6 is 11.8 Å². The van der Waals surface area contributed by atoms with Gasteiger partial charge in [0.25, 0.3) is 11.8 Å². The normalized spacial score (nSPS) is 18.2. The Hall–Kier alpha value is -3.19. The smallest absolute Gasteiger partial charge is 0.287 e. The molecule has 0 radical (unpaired) electrons. The summed E-state index contributed by atoms with van der Waals surface area (Å²) in [5.41, 5.74) is 1.88. The molecule has 7 heteroatoms. The minimum atomic E-state index is -3.07. The van der Waals surface area contributed by atoms with Crippen molar-refractivity contribution in [2.45, 2.75) is 25.4 Å². The van der Waals surface area contributed by atoms with Crippen LogP contribution in [0.25, 0.3) is 15.8 Å². The van der Waals surface area contributed by atoms with E-state index in [1.165, 1.54) is 16.7 Å². The van der Waals surface area contributed by atoms with Gasteiger partial charge in [-0.2, -0.15) is 0 Å². The zero-order valence-corrected chi connectivity index (χ0v) is 19.0. The van der Waals surface area contributed by atoms with Crippen molar-refractivity contribution in [3.63, 3.8) is 0 Å². The molecular formula is C26H24F2N2O2S. The van der Waals surface area contributed by atoms with Crippen molar-refractivity contribution in [1.29, 1.82) is 0 Å². The summed E-state index contributed by atoms with van der Waals surface area (Å²) < 4.78 is 35.2. The number of pyridine rings is 1. The molecule has 3 aromatic rings. The van der Waals surface area contributed by atoms with Crippen LogP contribution in [-0.4, -0.2) is 40.9 Å². The molecule has 1 unspecified atom stereocenters. The maximum atomic E-state index is 14.8. The first-order valence-corrected chi connectivity index (χ1v) is 11.5. The van der Waals surface area contributed by atoms with Gasteiger partial charge in [0.2, 0.25) is 5.88 Å². The highest BCUT2D eigenvalue weighted by atomic mass is 32.2. The largest absolute Gasteiger partial charge is 0.466 e. The quantitative estimate of drug-likeness (QED) is 0.422. The van der Waals surface area contributed by atoms with Crippen molar-refractivity contribution in [2.24, 2.45) is 0 Å². The summed E-state index contributed by atoms with van der Waals surface area (Å²) in [5, 5.41) is 2.59. The maximum Gasteiger partial charge on any atom is 0.287 e. The summed E-state index contributed by atoms with van der Waals surface area (Å²) in [7, 11) is 0. The number of nitrogens with zero attached hydrogens (tertiary/aromatic N) is 2. The number of piperidine rings is 1. The molecule has 1 amide bonds. The molecule has 1 atom stereocenters. The second kappa shape index (κ2) is 9.75. The highest BCUT2D eigenvalue weighted by Gasteiger charge is 2.47. The lowest BCUT2D eigenvalue weighted by molar-refractivity contribution is -0.131. The number of benzene rings is 2. The van der Waals surface area contributed by atoms with Gasteiger partial charge in [0.15, 0.2) is 6.10 Å². The average molecular weight is 467 g/mol. The third kappa shape index (κ3) is 4.93. The third-order valence-electron chi connectivity index (χ3n) is 5.59. The Bertz CT molecular complexity index is 1210. The zero-order valence-electron chi connectivity index (χ0n) is 18.2. The first-order chi connectivity index (χ1) is 15.9. The van der Waals surface area contributed by atoms with Crippen LogP contribution in [0.15, 0.2) is 78.7 Å². The number of hydrogen-bond donors (Lipinski definition) is 0. The van der Waals surface area contributed by atoms with E-state index >= 15 is 0 Å². The zero-order chi connectivity index (χ0) is 23.4. The molecule has 1 aromatic heterocycles. The number of allylic oxidation sites excluding steroid dienone is 1. The van der Waals surface area contributed by atoms with E-state index < -0.39 is 18.4 Å². The third-order valence-corrected chi connectivity index (χ3v) is 6.47. The van der Waals surface area contributed by atoms with Crippen molar-refractivity contribution in [2.75, 3.05) is 13.1 Å². The molecule has 1 saturated heterocycles. The van der Waals surface area contributed by atoms with E-state index in [1.807, 2.05) is 43.3 Å². The van der Waals surface area contributed by atoms with Crippen LogP contribution in [0.5, 0.6) is 5.88 Å². The number of hydrogen-bond acceptors (Lipinski definition) is 4. The molecule has 1 aliphatic rings. The van der Waals surface area contributed by atoms with Crippen LogP contribution in [0.2, 0.25) is 0 Å². The minimum absolute atomic E-state index is 0.0506. The van der Waals surface area contributed by atoms with Crippen molar-refractivity contribution < 1.29 is 18.3 Å². The summed E-state index contributed by atoms with van der Waals surface area (Å²) in [4.78, 5) is 20.0. The Kier molecular flexibility index (Phi) is 6.79. The number of alkyl halides is 2. The topological polar surface area (TPSA) is 42.4 Å². The van der Waals surface area contributed by atoms with Gasteiger partial charge in [-0.1, -0.05) is 60.8 Å². The highest BCUT2D eigenvalue weighted by molar-refractivity contribution is 8.10. The van der Waals surface area contributed by atoms with E-state index in [0.29, 0.717) is 11.1 Å². The number of aromatic nitrogens is 1. The maximum absolute atomic E-state index is 14.8. The second-order valence-corrected chi connectivity index (χ2v) is 8.70. The SMILES string of the molecule is C=CS/C(=C\C)c1ccccc1C(=O)N1CCC(F)(F)C(Oc2ccc3ccccc3n2)C1. The van der Waals surface area contributed by atoms with E-state index in [0.717, 1.165) is 15.9 Å². The van der Waals surface area contributed by atoms with Crippen molar-refractivity contribution in [1.82, 2.24) is 9.88 Å². The number of fused-ring (bicyclic) bond motifs is 1. The Morgan fingerprint density at radius 1 is 1.15 bits per heavy atom. The molecule has 0 saturated carbocycles. The first kappa shape index (κ1) is 23.0. The van der Waals surface area contributed by atoms with E-state index in [2.05, 4.69) is 11.6 Å². The standard InChI is InChI=1S/C26H24F2N2O2S/c1-3-22(33-4-2)19-10-6-7-11-20(19)25(31)30-16-15-26(27,28)23(17-30)32-24-14-13-18-9-5-8-12-21(18)29-24/h3-14,23H,2,15-17H2,1H3/b22-3-. The molecule has 0 aliphatic carbocycles. The minimum Gasteiger partial charge on any atom is -0.466 e. The summed E-state index contributed by atoms with van der Waals surface area (Å²) in [6.07, 6.45) is -0.0586. The van der Waals surface area contributed by atoms with E-state index in [4.69, 9.17) is 4.74 Å². The predicted molar refractivity (Wildman–Crippen MR) is 130 cm³/mol. The molecule has 4 rings (SSSR count). The number of para-hydroxylation sites is 1. The van der Waals surface area contributed by atoms with Crippen molar-refractivity contribution >= 4 is 33.5 Å². The van der Waals surface area contributed by atoms with Gasteiger partial charge in [0.05, 0.1) is 12.1 Å². The van der Waals surface area contributed by atoms with Crippen LogP contribution in [0.1, 0.15) is 29.3 Å². The van der Waals surface area contributed by atoms with Crippen LogP contribution in [-0.2, 0) is 0 Å². The van der Waals surface area contributed by atoms with Crippen molar-refractivity contribution in [3.05, 3.63) is 89.9 Å². The fourth-order valence-corrected chi connectivity index (χ4v) is 4.49. The van der Waals surface area contributed by atoms with Gasteiger partial charge in [-0.05, 0) is 30.5 Å². The molecule has 33 heavy (non-hydrogen) atoms. The van der Waals surface area contributed by atoms with Crippen LogP contribution in [0.4, 0.5) is 8.78 Å². The van der Waals surface area contributed by atoms with Crippen LogP contribution in [0, 0.1) is 0 Å². The number of halogens is 2. The summed E-state index contributed by atoms with van der Waals surface area (Å²) >= 11 is 1.41. The molecule has 0 N–H and O–H groups in total. The van der Waals surface area contributed by atoms with Gasteiger partial charge in [0, 0.05) is 40.5 Å². The average Bonchev–Trinajstić information content (AvgIpc) is 2.83. The molecule has 0 spiro atoms. The lowest BCUT2D eigenvalue weighted by Crippen LogP contribution is -2.55.